The Hall–Kier alpha value is -2.78. The molecule has 4 rings (SSSR count). The van der Waals surface area contributed by atoms with Crippen LogP contribution in [0.15, 0.2) is 72.8 Å². The summed E-state index contributed by atoms with van der Waals surface area (Å²) in [6, 6.07) is 22.9. The third-order valence-corrected chi connectivity index (χ3v) is 6.95. The van der Waals surface area contributed by atoms with Crippen LogP contribution in [0.3, 0.4) is 0 Å². The van der Waals surface area contributed by atoms with Crippen molar-refractivity contribution in [3.8, 4) is 5.75 Å². The maximum absolute atomic E-state index is 13.4. The minimum atomic E-state index is -0.421. The highest BCUT2D eigenvalue weighted by molar-refractivity contribution is 6.31. The molecule has 3 nitrogen and oxygen atoms in total. The van der Waals surface area contributed by atoms with E-state index < -0.39 is 6.04 Å². The van der Waals surface area contributed by atoms with Crippen molar-refractivity contribution in [1.29, 1.82) is 0 Å². The van der Waals surface area contributed by atoms with Gasteiger partial charge >= 0.3 is 0 Å². The van der Waals surface area contributed by atoms with E-state index in [9.17, 15) is 9.90 Å². The van der Waals surface area contributed by atoms with E-state index in [0.717, 1.165) is 47.9 Å². The van der Waals surface area contributed by atoms with E-state index in [4.69, 9.17) is 11.6 Å². The van der Waals surface area contributed by atoms with E-state index in [1.807, 2.05) is 78.6 Å². The summed E-state index contributed by atoms with van der Waals surface area (Å²) >= 11 is 6.71. The molecule has 1 N–H and O–H groups in total. The lowest BCUT2D eigenvalue weighted by atomic mass is 9.86. The highest BCUT2D eigenvalue weighted by atomic mass is 35.5. The lowest BCUT2D eigenvalue weighted by Crippen LogP contribution is -2.40. The predicted octanol–water partition coefficient (Wildman–Crippen LogP) is 7.22. The van der Waals surface area contributed by atoms with Crippen LogP contribution in [-0.4, -0.2) is 15.9 Å². The van der Waals surface area contributed by atoms with Gasteiger partial charge in [-0.25, -0.2) is 0 Å². The van der Waals surface area contributed by atoms with Gasteiger partial charge in [0.15, 0.2) is 0 Å². The Bertz CT molecular complexity index is 1080. The second-order valence-electron chi connectivity index (χ2n) is 8.81. The van der Waals surface area contributed by atoms with E-state index in [1.54, 1.807) is 13.0 Å². The Balaban J connectivity index is 1.95. The summed E-state index contributed by atoms with van der Waals surface area (Å²) in [4.78, 5) is 15.4. The average molecular weight is 448 g/mol. The Kier molecular flexibility index (Phi) is 6.86. The van der Waals surface area contributed by atoms with Crippen LogP contribution in [0.25, 0.3) is 0 Å². The van der Waals surface area contributed by atoms with Crippen LogP contribution in [0.1, 0.15) is 66.9 Å². The third-order valence-electron chi connectivity index (χ3n) is 6.60. The number of halogens is 1. The fourth-order valence-electron chi connectivity index (χ4n) is 5.18. The number of nitrogens with zero attached hydrogens (tertiary/aromatic N) is 1. The van der Waals surface area contributed by atoms with Gasteiger partial charge in [-0.15, -0.1) is 0 Å². The first-order valence-corrected chi connectivity index (χ1v) is 11.7. The van der Waals surface area contributed by atoms with Crippen molar-refractivity contribution in [2.75, 3.05) is 0 Å². The van der Waals surface area contributed by atoms with E-state index in [1.165, 1.54) is 0 Å². The highest BCUT2D eigenvalue weighted by Gasteiger charge is 2.39. The van der Waals surface area contributed by atoms with Crippen LogP contribution in [0.4, 0.5) is 0 Å². The average Bonchev–Trinajstić information content (AvgIpc) is 3.32. The first-order valence-electron chi connectivity index (χ1n) is 11.3. The number of carbonyl (C=O) groups is 1. The topological polar surface area (TPSA) is 40.5 Å². The number of phenols is 1. The van der Waals surface area contributed by atoms with Crippen LogP contribution >= 0.6 is 11.6 Å². The van der Waals surface area contributed by atoms with Crippen LogP contribution in [0, 0.1) is 12.8 Å². The fourth-order valence-corrected chi connectivity index (χ4v) is 5.42. The standard InChI is InChI=1S/C28H30ClNO2/c1-19-16-17-26(32)24(18-19)28(22-10-4-3-5-11-22)30(20(2)31)27(21-12-6-7-13-21)23-14-8-9-15-25(23)29/h3-5,8-11,14-18,21,27-28,32H,6-7,12-13H2,1-2H3/t27-,28-/m1/s1. The molecule has 2 atom stereocenters. The van der Waals surface area contributed by atoms with Crippen LogP contribution in [-0.2, 0) is 4.79 Å². The monoisotopic (exact) mass is 447 g/mol. The summed E-state index contributed by atoms with van der Waals surface area (Å²) in [5, 5.41) is 11.6. The minimum absolute atomic E-state index is 0.0309. The van der Waals surface area contributed by atoms with Crippen molar-refractivity contribution in [1.82, 2.24) is 4.90 Å². The molecule has 0 heterocycles. The lowest BCUT2D eigenvalue weighted by Gasteiger charge is -2.42. The van der Waals surface area contributed by atoms with Gasteiger partial charge in [-0.2, -0.15) is 0 Å². The van der Waals surface area contributed by atoms with Crippen LogP contribution < -0.4 is 0 Å². The summed E-state index contributed by atoms with van der Waals surface area (Å²) in [5.74, 6) is 0.480. The molecule has 1 fully saturated rings. The van der Waals surface area contributed by atoms with Gasteiger partial charge in [0.25, 0.3) is 0 Å². The van der Waals surface area contributed by atoms with Gasteiger partial charge in [0.1, 0.15) is 5.75 Å². The minimum Gasteiger partial charge on any atom is -0.508 e. The van der Waals surface area contributed by atoms with Crippen molar-refractivity contribution in [2.24, 2.45) is 5.92 Å². The number of hydrogen-bond donors (Lipinski definition) is 1. The van der Waals surface area contributed by atoms with E-state index in [-0.39, 0.29) is 17.7 Å². The molecule has 0 bridgehead atoms. The number of aryl methyl sites for hydroxylation is 1. The lowest BCUT2D eigenvalue weighted by molar-refractivity contribution is -0.134. The van der Waals surface area contributed by atoms with Crippen LogP contribution in [0.5, 0.6) is 5.75 Å². The van der Waals surface area contributed by atoms with Gasteiger partial charge in [-0.3, -0.25) is 4.79 Å². The normalized spacial score (nSPS) is 16.0. The van der Waals surface area contributed by atoms with Crippen LogP contribution in [0.2, 0.25) is 5.02 Å². The zero-order chi connectivity index (χ0) is 22.7. The molecular formula is C28H30ClNO2. The van der Waals surface area contributed by atoms with Gasteiger partial charge < -0.3 is 10.0 Å². The molecule has 1 amide bonds. The summed E-state index contributed by atoms with van der Waals surface area (Å²) in [6.45, 7) is 3.63. The number of phenolic OH excluding ortho intramolecular Hbond substituents is 1. The molecule has 0 unspecified atom stereocenters. The zero-order valence-electron chi connectivity index (χ0n) is 18.7. The highest BCUT2D eigenvalue weighted by Crippen LogP contribution is 2.47. The molecule has 1 aliphatic rings. The fraction of sp³-hybridized carbons (Fsp3) is 0.321. The number of benzene rings is 3. The van der Waals surface area contributed by atoms with Gasteiger partial charge in [-0.05, 0) is 55.0 Å². The molecule has 4 heteroatoms. The molecule has 3 aromatic carbocycles. The molecule has 0 spiro atoms. The molecule has 1 aliphatic carbocycles. The van der Waals surface area contributed by atoms with Gasteiger partial charge in [0.2, 0.25) is 5.91 Å². The Morgan fingerprint density at radius 1 is 0.969 bits per heavy atom. The summed E-state index contributed by atoms with van der Waals surface area (Å²) in [7, 11) is 0. The zero-order valence-corrected chi connectivity index (χ0v) is 19.4. The third kappa shape index (κ3) is 4.54. The van der Waals surface area contributed by atoms with E-state index in [2.05, 4.69) is 0 Å². The van der Waals surface area contributed by atoms with Gasteiger partial charge in [0.05, 0.1) is 12.1 Å². The number of rotatable bonds is 6. The molecule has 0 aliphatic heterocycles. The molecule has 0 saturated heterocycles. The molecule has 3 aromatic rings. The number of hydrogen-bond acceptors (Lipinski definition) is 2. The number of amides is 1. The Labute approximate surface area is 195 Å². The molecule has 0 radical (unpaired) electrons. The molecule has 166 valence electrons. The molecule has 0 aromatic heterocycles. The van der Waals surface area contributed by atoms with Crippen molar-refractivity contribution in [3.05, 3.63) is 100 Å². The second-order valence-corrected chi connectivity index (χ2v) is 9.22. The van der Waals surface area contributed by atoms with Crippen molar-refractivity contribution >= 4 is 17.5 Å². The smallest absolute Gasteiger partial charge is 0.220 e. The Morgan fingerprint density at radius 3 is 2.28 bits per heavy atom. The van der Waals surface area contributed by atoms with Crippen molar-refractivity contribution in [3.63, 3.8) is 0 Å². The first-order chi connectivity index (χ1) is 15.5. The summed E-state index contributed by atoms with van der Waals surface area (Å²) in [6.07, 6.45) is 4.42. The quantitative estimate of drug-likeness (QED) is 0.433. The summed E-state index contributed by atoms with van der Waals surface area (Å²) in [5.41, 5.74) is 3.72. The van der Waals surface area contributed by atoms with Gasteiger partial charge in [0, 0.05) is 17.5 Å². The number of aromatic hydroxyl groups is 1. The largest absolute Gasteiger partial charge is 0.508 e. The van der Waals surface area contributed by atoms with Crippen molar-refractivity contribution in [2.45, 2.75) is 51.6 Å². The van der Waals surface area contributed by atoms with Crippen molar-refractivity contribution < 1.29 is 9.90 Å². The first kappa shape index (κ1) is 22.4. The van der Waals surface area contributed by atoms with Gasteiger partial charge in [-0.1, -0.05) is 84.6 Å². The van der Waals surface area contributed by atoms with E-state index >= 15 is 0 Å². The SMILES string of the molecule is CC(=O)N([C@H](c1ccccc1)c1cc(C)ccc1O)[C@@H](c1ccccc1Cl)C1CCCC1. The number of carbonyl (C=O) groups excluding carboxylic acids is 1. The Morgan fingerprint density at radius 2 is 1.62 bits per heavy atom. The molecule has 32 heavy (non-hydrogen) atoms. The summed E-state index contributed by atoms with van der Waals surface area (Å²) < 4.78 is 0. The molecule has 1 saturated carbocycles. The maximum atomic E-state index is 13.4. The van der Waals surface area contributed by atoms with E-state index in [0.29, 0.717) is 10.9 Å². The predicted molar refractivity (Wildman–Crippen MR) is 130 cm³/mol. The second kappa shape index (κ2) is 9.79. The maximum Gasteiger partial charge on any atom is 0.220 e. The molecular weight excluding hydrogens is 418 g/mol.